The van der Waals surface area contributed by atoms with Crippen molar-refractivity contribution >= 4 is 5.91 Å². The monoisotopic (exact) mass is 320 g/mol. The molecule has 0 atom stereocenters. The molecule has 0 unspecified atom stereocenters. The molecule has 3 N–H and O–H groups in total. The molecule has 0 spiro atoms. The van der Waals surface area contributed by atoms with Crippen molar-refractivity contribution < 1.29 is 4.79 Å². The van der Waals surface area contributed by atoms with Crippen molar-refractivity contribution in [3.63, 3.8) is 0 Å². The third kappa shape index (κ3) is 2.94. The van der Waals surface area contributed by atoms with E-state index in [-0.39, 0.29) is 5.69 Å². The number of amides is 1. The van der Waals surface area contributed by atoms with Gasteiger partial charge in [-0.2, -0.15) is 5.10 Å². The SMILES string of the molecule is Cc1cccc(-n2nc(C(=O)NN)cc2-c2ccc(C)cc2C)c1. The minimum Gasteiger partial charge on any atom is -0.289 e. The predicted molar refractivity (Wildman–Crippen MR) is 94.9 cm³/mol. The van der Waals surface area contributed by atoms with Crippen LogP contribution in [-0.2, 0) is 0 Å². The molecule has 0 aliphatic rings. The molecule has 5 heteroatoms. The van der Waals surface area contributed by atoms with Gasteiger partial charge >= 0.3 is 0 Å². The maximum Gasteiger partial charge on any atom is 0.285 e. The second kappa shape index (κ2) is 6.29. The molecule has 5 nitrogen and oxygen atoms in total. The van der Waals surface area contributed by atoms with Gasteiger partial charge in [0.25, 0.3) is 5.91 Å². The van der Waals surface area contributed by atoms with Gasteiger partial charge in [-0.1, -0.05) is 35.9 Å². The minimum atomic E-state index is -0.410. The molecule has 0 radical (unpaired) electrons. The number of rotatable bonds is 3. The van der Waals surface area contributed by atoms with E-state index in [0.29, 0.717) is 0 Å². The molecule has 122 valence electrons. The number of hydrazine groups is 1. The Balaban J connectivity index is 2.23. The van der Waals surface area contributed by atoms with E-state index in [1.54, 1.807) is 10.7 Å². The number of hydrogen-bond acceptors (Lipinski definition) is 3. The Morgan fingerprint density at radius 1 is 1.04 bits per heavy atom. The molecule has 0 bridgehead atoms. The van der Waals surface area contributed by atoms with Crippen LogP contribution in [0.2, 0.25) is 0 Å². The van der Waals surface area contributed by atoms with Crippen LogP contribution in [0.3, 0.4) is 0 Å². The number of carbonyl (C=O) groups is 1. The standard InChI is InChI=1S/C19H20N4O/c1-12-5-4-6-15(10-12)23-18(11-17(22-23)19(24)21-20)16-8-7-13(2)9-14(16)3/h4-11H,20H2,1-3H3,(H,21,24). The van der Waals surface area contributed by atoms with Crippen LogP contribution < -0.4 is 11.3 Å². The van der Waals surface area contributed by atoms with E-state index in [4.69, 9.17) is 5.84 Å². The van der Waals surface area contributed by atoms with Crippen molar-refractivity contribution in [2.75, 3.05) is 0 Å². The molecular formula is C19H20N4O. The summed E-state index contributed by atoms with van der Waals surface area (Å²) in [7, 11) is 0. The zero-order chi connectivity index (χ0) is 17.3. The topological polar surface area (TPSA) is 72.9 Å². The van der Waals surface area contributed by atoms with Gasteiger partial charge in [-0.3, -0.25) is 10.2 Å². The smallest absolute Gasteiger partial charge is 0.285 e. The highest BCUT2D eigenvalue weighted by atomic mass is 16.2. The van der Waals surface area contributed by atoms with Crippen LogP contribution >= 0.6 is 0 Å². The summed E-state index contributed by atoms with van der Waals surface area (Å²) in [6, 6.07) is 16.0. The van der Waals surface area contributed by atoms with Crippen molar-refractivity contribution in [1.29, 1.82) is 0 Å². The summed E-state index contributed by atoms with van der Waals surface area (Å²) in [5.74, 6) is 4.86. The van der Waals surface area contributed by atoms with Crippen molar-refractivity contribution in [1.82, 2.24) is 15.2 Å². The first-order chi connectivity index (χ1) is 11.5. The van der Waals surface area contributed by atoms with E-state index >= 15 is 0 Å². The molecule has 1 heterocycles. The van der Waals surface area contributed by atoms with E-state index in [9.17, 15) is 4.79 Å². The van der Waals surface area contributed by atoms with E-state index in [2.05, 4.69) is 42.6 Å². The third-order valence-electron chi connectivity index (χ3n) is 3.98. The Hall–Kier alpha value is -2.92. The highest BCUT2D eigenvalue weighted by Gasteiger charge is 2.17. The number of carbonyl (C=O) groups excluding carboxylic acids is 1. The van der Waals surface area contributed by atoms with Gasteiger partial charge in [0.2, 0.25) is 0 Å². The summed E-state index contributed by atoms with van der Waals surface area (Å²) in [4.78, 5) is 11.9. The van der Waals surface area contributed by atoms with Gasteiger partial charge in [0.15, 0.2) is 5.69 Å². The maximum atomic E-state index is 11.9. The van der Waals surface area contributed by atoms with E-state index < -0.39 is 5.91 Å². The quantitative estimate of drug-likeness (QED) is 0.442. The molecule has 1 amide bonds. The van der Waals surface area contributed by atoms with E-state index in [1.165, 1.54) is 5.56 Å². The minimum absolute atomic E-state index is 0.286. The van der Waals surface area contributed by atoms with E-state index in [0.717, 1.165) is 28.1 Å². The molecule has 0 aliphatic heterocycles. The molecular weight excluding hydrogens is 300 g/mol. The molecule has 24 heavy (non-hydrogen) atoms. The molecule has 0 aliphatic carbocycles. The largest absolute Gasteiger partial charge is 0.289 e. The number of nitrogens with zero attached hydrogens (tertiary/aromatic N) is 2. The van der Waals surface area contributed by atoms with E-state index in [1.807, 2.05) is 31.2 Å². The highest BCUT2D eigenvalue weighted by molar-refractivity contribution is 5.93. The Morgan fingerprint density at radius 3 is 2.46 bits per heavy atom. The fourth-order valence-corrected chi connectivity index (χ4v) is 2.82. The highest BCUT2D eigenvalue weighted by Crippen LogP contribution is 2.28. The zero-order valence-corrected chi connectivity index (χ0v) is 14.0. The van der Waals surface area contributed by atoms with Crippen molar-refractivity contribution in [2.24, 2.45) is 5.84 Å². The van der Waals surface area contributed by atoms with Crippen molar-refractivity contribution in [2.45, 2.75) is 20.8 Å². The number of nitrogens with two attached hydrogens (primary N) is 1. The second-order valence-electron chi connectivity index (χ2n) is 5.96. The summed E-state index contributed by atoms with van der Waals surface area (Å²) >= 11 is 0. The molecule has 0 saturated heterocycles. The first kappa shape index (κ1) is 16.0. The number of hydrogen-bond donors (Lipinski definition) is 2. The zero-order valence-electron chi connectivity index (χ0n) is 14.0. The molecule has 0 saturated carbocycles. The van der Waals surface area contributed by atoms with Crippen LogP contribution in [0.15, 0.2) is 48.5 Å². The van der Waals surface area contributed by atoms with Crippen LogP contribution in [0.5, 0.6) is 0 Å². The molecule has 1 aromatic heterocycles. The van der Waals surface area contributed by atoms with Crippen LogP contribution in [0.4, 0.5) is 0 Å². The normalized spacial score (nSPS) is 10.7. The Kier molecular flexibility index (Phi) is 4.18. The van der Waals surface area contributed by atoms with Gasteiger partial charge < -0.3 is 0 Å². The average molecular weight is 320 g/mol. The summed E-state index contributed by atoms with van der Waals surface area (Å²) < 4.78 is 1.79. The first-order valence-corrected chi connectivity index (χ1v) is 7.75. The Bertz CT molecular complexity index is 911. The van der Waals surface area contributed by atoms with Crippen LogP contribution in [0.25, 0.3) is 16.9 Å². The number of nitrogen functional groups attached to an aromatic ring is 1. The number of aryl methyl sites for hydroxylation is 3. The summed E-state index contributed by atoms with van der Waals surface area (Å²) in [5.41, 5.74) is 8.67. The fourth-order valence-electron chi connectivity index (χ4n) is 2.82. The second-order valence-corrected chi connectivity index (χ2v) is 5.96. The van der Waals surface area contributed by atoms with Gasteiger partial charge in [0.05, 0.1) is 11.4 Å². The van der Waals surface area contributed by atoms with Crippen LogP contribution in [-0.4, -0.2) is 15.7 Å². The average Bonchev–Trinajstić information content (AvgIpc) is 2.99. The van der Waals surface area contributed by atoms with Crippen LogP contribution in [0, 0.1) is 20.8 Å². The Labute approximate surface area is 141 Å². The summed E-state index contributed by atoms with van der Waals surface area (Å²) in [5, 5.41) is 4.46. The van der Waals surface area contributed by atoms with Crippen molar-refractivity contribution in [3.8, 4) is 16.9 Å². The molecule has 0 fully saturated rings. The molecule has 3 aromatic rings. The third-order valence-corrected chi connectivity index (χ3v) is 3.98. The van der Waals surface area contributed by atoms with Gasteiger partial charge in [0.1, 0.15) is 0 Å². The predicted octanol–water partition coefficient (Wildman–Crippen LogP) is 3.07. The van der Waals surface area contributed by atoms with Crippen molar-refractivity contribution in [3.05, 3.63) is 70.9 Å². The summed E-state index contributed by atoms with van der Waals surface area (Å²) in [6.45, 7) is 6.14. The number of aromatic nitrogens is 2. The lowest BCUT2D eigenvalue weighted by Crippen LogP contribution is -2.30. The molecule has 2 aromatic carbocycles. The maximum absolute atomic E-state index is 11.9. The Morgan fingerprint density at radius 2 is 1.79 bits per heavy atom. The van der Waals surface area contributed by atoms with Gasteiger partial charge in [-0.15, -0.1) is 0 Å². The lowest BCUT2D eigenvalue weighted by atomic mass is 10.0. The lowest BCUT2D eigenvalue weighted by Gasteiger charge is -2.11. The first-order valence-electron chi connectivity index (χ1n) is 7.75. The fraction of sp³-hybridized carbons (Fsp3) is 0.158. The van der Waals surface area contributed by atoms with Gasteiger partial charge in [-0.25, -0.2) is 10.5 Å². The lowest BCUT2D eigenvalue weighted by molar-refractivity contribution is 0.0948. The summed E-state index contributed by atoms with van der Waals surface area (Å²) in [6.07, 6.45) is 0. The number of benzene rings is 2. The van der Waals surface area contributed by atoms with Gasteiger partial charge in [0, 0.05) is 5.56 Å². The van der Waals surface area contributed by atoms with Gasteiger partial charge in [-0.05, 0) is 50.1 Å². The molecule has 3 rings (SSSR count). The van der Waals surface area contributed by atoms with Crippen LogP contribution in [0.1, 0.15) is 27.2 Å². The number of nitrogens with one attached hydrogen (secondary N) is 1.